The zero-order valence-electron chi connectivity index (χ0n) is 15.5. The third-order valence-corrected chi connectivity index (χ3v) is 6.92. The normalized spacial score (nSPS) is 12.9. The summed E-state index contributed by atoms with van der Waals surface area (Å²) in [5.74, 6) is -0.106. The Labute approximate surface area is 168 Å². The van der Waals surface area contributed by atoms with Gasteiger partial charge in [-0.1, -0.05) is 18.2 Å². The van der Waals surface area contributed by atoms with Gasteiger partial charge < -0.3 is 5.11 Å². The van der Waals surface area contributed by atoms with Crippen LogP contribution in [0, 0.1) is 12.7 Å². The molecule has 0 fully saturated rings. The minimum atomic E-state index is -3.92. The van der Waals surface area contributed by atoms with E-state index >= 15 is 0 Å². The van der Waals surface area contributed by atoms with Crippen LogP contribution in [0.3, 0.4) is 0 Å². The summed E-state index contributed by atoms with van der Waals surface area (Å²) < 4.78 is 41.9. The van der Waals surface area contributed by atoms with E-state index in [0.717, 1.165) is 3.97 Å². The van der Waals surface area contributed by atoms with Crippen LogP contribution in [0.2, 0.25) is 0 Å². The minimum absolute atomic E-state index is 0.102. The molecule has 1 atom stereocenters. The van der Waals surface area contributed by atoms with Crippen LogP contribution in [-0.2, 0) is 10.0 Å². The third kappa shape index (κ3) is 4.30. The molecule has 0 bridgehead atoms. The van der Waals surface area contributed by atoms with Crippen molar-refractivity contribution in [2.24, 2.45) is 0 Å². The molecule has 2 aromatic carbocycles. The predicted molar refractivity (Wildman–Crippen MR) is 109 cm³/mol. The van der Waals surface area contributed by atoms with Crippen molar-refractivity contribution in [2.45, 2.75) is 22.9 Å². The van der Waals surface area contributed by atoms with Crippen LogP contribution in [0.1, 0.15) is 5.56 Å². The molecule has 3 rings (SSSR count). The van der Waals surface area contributed by atoms with E-state index in [9.17, 15) is 17.9 Å². The molecule has 3 aromatic rings. The van der Waals surface area contributed by atoms with Gasteiger partial charge >= 0.3 is 0 Å². The van der Waals surface area contributed by atoms with E-state index in [4.69, 9.17) is 0 Å². The molecule has 148 valence electrons. The molecule has 28 heavy (non-hydrogen) atoms. The highest BCUT2D eigenvalue weighted by atomic mass is 32.2. The lowest BCUT2D eigenvalue weighted by Crippen LogP contribution is -2.26. The Bertz CT molecular complexity index is 1080. The van der Waals surface area contributed by atoms with Gasteiger partial charge in [-0.2, -0.15) is 0 Å². The second kappa shape index (κ2) is 8.48. The number of halogens is 1. The van der Waals surface area contributed by atoms with Crippen LogP contribution in [0.25, 0.3) is 11.3 Å². The van der Waals surface area contributed by atoms with Gasteiger partial charge in [0.15, 0.2) is 0 Å². The maximum absolute atomic E-state index is 14.3. The van der Waals surface area contributed by atoms with E-state index in [0.29, 0.717) is 16.2 Å². The first-order valence-corrected chi connectivity index (χ1v) is 11.0. The van der Waals surface area contributed by atoms with Crippen LogP contribution < -0.4 is 5.32 Å². The highest BCUT2D eigenvalue weighted by Crippen LogP contribution is 2.30. The molecule has 8 heteroatoms. The molecule has 5 nitrogen and oxygen atoms in total. The third-order valence-electron chi connectivity index (χ3n) is 4.18. The minimum Gasteiger partial charge on any atom is -0.378 e. The van der Waals surface area contributed by atoms with Gasteiger partial charge in [-0.25, -0.2) is 16.8 Å². The Morgan fingerprint density at radius 3 is 2.64 bits per heavy atom. The van der Waals surface area contributed by atoms with Gasteiger partial charge in [-0.05, 0) is 55.9 Å². The topological polar surface area (TPSA) is 71.3 Å². The summed E-state index contributed by atoms with van der Waals surface area (Å²) in [6, 6.07) is 14.2. The molecule has 1 heterocycles. The van der Waals surface area contributed by atoms with Crippen LogP contribution in [0.4, 0.5) is 4.39 Å². The first-order chi connectivity index (χ1) is 13.3. The van der Waals surface area contributed by atoms with Crippen molar-refractivity contribution in [2.75, 3.05) is 12.8 Å². The number of nitrogens with zero attached hydrogens (tertiary/aromatic N) is 1. The smallest absolute Gasteiger partial charge is 0.268 e. The lowest BCUT2D eigenvalue weighted by atomic mass is 10.1. The SMILES string of the molecule is CNC(O)CSc1cccc(S(=O)(=O)n2cc(C)cc2-c2ccccc2F)c1. The molecule has 0 spiro atoms. The largest absolute Gasteiger partial charge is 0.378 e. The number of aromatic nitrogens is 1. The zero-order chi connectivity index (χ0) is 20.3. The molecule has 2 N–H and O–H groups in total. The molecule has 0 aliphatic carbocycles. The number of thioether (sulfide) groups is 1. The molecule has 0 amide bonds. The van der Waals surface area contributed by atoms with E-state index in [1.165, 1.54) is 30.1 Å². The standard InChI is InChI=1S/C20H21FN2O3S2/c1-14-10-19(17-8-3-4-9-18(17)21)23(12-14)28(25,26)16-7-5-6-15(11-16)27-13-20(24)22-2/h3-12,20,22,24H,13H2,1-2H3. The van der Waals surface area contributed by atoms with E-state index in [1.54, 1.807) is 56.4 Å². The second-order valence-corrected chi connectivity index (χ2v) is 9.18. The van der Waals surface area contributed by atoms with Gasteiger partial charge in [0, 0.05) is 22.4 Å². The van der Waals surface area contributed by atoms with Crippen molar-refractivity contribution in [1.82, 2.24) is 9.29 Å². The van der Waals surface area contributed by atoms with Gasteiger partial charge in [-0.3, -0.25) is 5.32 Å². The molecule has 0 aliphatic rings. The molecule has 1 unspecified atom stereocenters. The summed E-state index contributed by atoms with van der Waals surface area (Å²) in [5, 5.41) is 12.3. The summed E-state index contributed by atoms with van der Waals surface area (Å²) in [6.07, 6.45) is 0.798. The van der Waals surface area contributed by atoms with Crippen LogP contribution in [0.15, 0.2) is 70.6 Å². The average molecular weight is 421 g/mol. The highest BCUT2D eigenvalue weighted by Gasteiger charge is 2.23. The maximum atomic E-state index is 14.3. The van der Waals surface area contributed by atoms with Crippen molar-refractivity contribution < 1.29 is 17.9 Å². The monoisotopic (exact) mass is 420 g/mol. The van der Waals surface area contributed by atoms with E-state index < -0.39 is 22.1 Å². The number of aryl methyl sites for hydroxylation is 1. The molecular weight excluding hydrogens is 399 g/mol. The molecule has 0 saturated heterocycles. The number of rotatable bonds is 7. The Morgan fingerprint density at radius 2 is 1.93 bits per heavy atom. The molecule has 0 saturated carbocycles. The van der Waals surface area contributed by atoms with Crippen LogP contribution >= 0.6 is 11.8 Å². The van der Waals surface area contributed by atoms with Gasteiger partial charge in [0.1, 0.15) is 12.0 Å². The van der Waals surface area contributed by atoms with E-state index in [1.807, 2.05) is 0 Å². The summed E-state index contributed by atoms with van der Waals surface area (Å²) in [6.45, 7) is 1.77. The Kier molecular flexibility index (Phi) is 6.24. The van der Waals surface area contributed by atoms with Crippen molar-refractivity contribution in [1.29, 1.82) is 0 Å². The van der Waals surface area contributed by atoms with Crippen molar-refractivity contribution >= 4 is 21.8 Å². The number of aliphatic hydroxyl groups excluding tert-OH is 1. The van der Waals surface area contributed by atoms with E-state index in [2.05, 4.69) is 5.32 Å². The van der Waals surface area contributed by atoms with E-state index in [-0.39, 0.29) is 16.2 Å². The summed E-state index contributed by atoms with van der Waals surface area (Å²) in [4.78, 5) is 0.816. The highest BCUT2D eigenvalue weighted by molar-refractivity contribution is 7.99. The predicted octanol–water partition coefficient (Wildman–Crippen LogP) is 3.47. The molecule has 1 aromatic heterocycles. The second-order valence-electron chi connectivity index (χ2n) is 6.27. The summed E-state index contributed by atoms with van der Waals surface area (Å²) in [7, 11) is -2.28. The average Bonchev–Trinajstić information content (AvgIpc) is 3.09. The van der Waals surface area contributed by atoms with Gasteiger partial charge in [0.25, 0.3) is 10.0 Å². The van der Waals surface area contributed by atoms with Crippen LogP contribution in [-0.4, -0.2) is 36.5 Å². The Morgan fingerprint density at radius 1 is 1.18 bits per heavy atom. The van der Waals surface area contributed by atoms with Gasteiger partial charge in [-0.15, -0.1) is 11.8 Å². The summed E-state index contributed by atoms with van der Waals surface area (Å²) >= 11 is 1.34. The number of hydrogen-bond donors (Lipinski definition) is 2. The Hall–Kier alpha value is -2.13. The fraction of sp³-hybridized carbons (Fsp3) is 0.200. The lowest BCUT2D eigenvalue weighted by Gasteiger charge is -2.13. The number of hydrogen-bond acceptors (Lipinski definition) is 5. The summed E-state index contributed by atoms with van der Waals surface area (Å²) in [5.41, 5.74) is 1.21. The number of benzene rings is 2. The fourth-order valence-electron chi connectivity index (χ4n) is 2.73. The molecular formula is C20H21FN2O3S2. The first kappa shape index (κ1) is 20.6. The van der Waals surface area contributed by atoms with Gasteiger partial charge in [0.05, 0.1) is 10.6 Å². The van der Waals surface area contributed by atoms with Crippen molar-refractivity contribution in [3.8, 4) is 11.3 Å². The molecule has 0 radical (unpaired) electrons. The fourth-order valence-corrected chi connectivity index (χ4v) is 5.18. The number of aliphatic hydroxyl groups is 1. The quantitative estimate of drug-likeness (QED) is 0.452. The van der Waals surface area contributed by atoms with Crippen LogP contribution in [0.5, 0.6) is 0 Å². The first-order valence-electron chi connectivity index (χ1n) is 8.60. The Balaban J connectivity index is 2.02. The maximum Gasteiger partial charge on any atom is 0.268 e. The number of nitrogens with one attached hydrogen (secondary N) is 1. The lowest BCUT2D eigenvalue weighted by molar-refractivity contribution is 0.171. The zero-order valence-corrected chi connectivity index (χ0v) is 17.1. The van der Waals surface area contributed by atoms with Gasteiger partial charge in [0.2, 0.25) is 0 Å². The van der Waals surface area contributed by atoms with Crippen molar-refractivity contribution in [3.05, 3.63) is 72.2 Å². The molecule has 0 aliphatic heterocycles. The van der Waals surface area contributed by atoms with Crippen molar-refractivity contribution in [3.63, 3.8) is 0 Å².